The van der Waals surface area contributed by atoms with Crippen LogP contribution in [0.25, 0.3) is 0 Å². The van der Waals surface area contributed by atoms with Gasteiger partial charge in [0.15, 0.2) is 0 Å². The van der Waals surface area contributed by atoms with Gasteiger partial charge >= 0.3 is 5.97 Å². The van der Waals surface area contributed by atoms with Crippen LogP contribution in [-0.2, 0) is 14.3 Å². The lowest BCUT2D eigenvalue weighted by Gasteiger charge is -2.20. The van der Waals surface area contributed by atoms with Crippen molar-refractivity contribution in [2.45, 2.75) is 6.92 Å². The number of carbonyl (C=O) groups is 3. The number of carbonyl (C=O) groups excluding carboxylic acids is 3. The summed E-state index contributed by atoms with van der Waals surface area (Å²) in [4.78, 5) is 37.8. The van der Waals surface area contributed by atoms with Gasteiger partial charge in [-0.05, 0) is 42.9 Å². The number of esters is 1. The van der Waals surface area contributed by atoms with Gasteiger partial charge in [-0.2, -0.15) is 0 Å². The molecule has 2 amide bonds. The number of ether oxygens (including phenoxy) is 2. The summed E-state index contributed by atoms with van der Waals surface area (Å²) in [6, 6.07) is 13.5. The van der Waals surface area contributed by atoms with E-state index in [1.807, 2.05) is 13.0 Å². The summed E-state index contributed by atoms with van der Waals surface area (Å²) in [7, 11) is 2.84. The molecule has 0 spiro atoms. The number of anilines is 2. The second kappa shape index (κ2) is 10.8. The zero-order valence-corrected chi connectivity index (χ0v) is 16.7. The predicted molar refractivity (Wildman–Crippen MR) is 110 cm³/mol. The van der Waals surface area contributed by atoms with Crippen molar-refractivity contribution in [3.8, 4) is 5.75 Å². The molecule has 0 radical (unpaired) electrons. The van der Waals surface area contributed by atoms with E-state index in [9.17, 15) is 14.4 Å². The van der Waals surface area contributed by atoms with E-state index in [1.165, 1.54) is 14.2 Å². The second-order valence-electron chi connectivity index (χ2n) is 6.17. The van der Waals surface area contributed by atoms with Crippen LogP contribution in [0, 0.1) is 0 Å². The van der Waals surface area contributed by atoms with Crippen molar-refractivity contribution >= 4 is 29.2 Å². The largest absolute Gasteiger partial charge is 0.495 e. The third-order valence-electron chi connectivity index (χ3n) is 4.15. The van der Waals surface area contributed by atoms with E-state index in [2.05, 4.69) is 15.4 Å². The highest BCUT2D eigenvalue weighted by Gasteiger charge is 2.15. The molecule has 0 atom stereocenters. The van der Waals surface area contributed by atoms with Crippen LogP contribution in [0.3, 0.4) is 0 Å². The molecule has 0 bridgehead atoms. The normalized spacial score (nSPS) is 10.3. The Bertz CT molecular complexity index is 852. The average molecular weight is 399 g/mol. The molecule has 2 N–H and O–H groups in total. The van der Waals surface area contributed by atoms with Gasteiger partial charge in [0.2, 0.25) is 11.8 Å². The Balaban J connectivity index is 1.89. The molecule has 0 unspecified atom stereocenters. The molecular weight excluding hydrogens is 374 g/mol. The Labute approximate surface area is 169 Å². The van der Waals surface area contributed by atoms with E-state index in [0.717, 1.165) is 0 Å². The number of hydrogen-bond donors (Lipinski definition) is 2. The number of para-hydroxylation sites is 2. The topological polar surface area (TPSA) is 97.0 Å². The lowest BCUT2D eigenvalue weighted by Crippen LogP contribution is -2.38. The SMILES string of the molecule is CCN(CC(=O)Nc1ccc(C(=O)OC)cc1)CC(=O)Nc1ccccc1OC. The fourth-order valence-electron chi connectivity index (χ4n) is 2.63. The molecule has 0 aliphatic heterocycles. The highest BCUT2D eigenvalue weighted by Crippen LogP contribution is 2.22. The van der Waals surface area contributed by atoms with Crippen molar-refractivity contribution in [3.05, 3.63) is 54.1 Å². The zero-order chi connectivity index (χ0) is 21.2. The smallest absolute Gasteiger partial charge is 0.337 e. The van der Waals surface area contributed by atoms with E-state index < -0.39 is 5.97 Å². The van der Waals surface area contributed by atoms with Gasteiger partial charge in [0.25, 0.3) is 0 Å². The van der Waals surface area contributed by atoms with E-state index >= 15 is 0 Å². The fourth-order valence-corrected chi connectivity index (χ4v) is 2.63. The maximum atomic E-state index is 12.3. The molecule has 8 heteroatoms. The van der Waals surface area contributed by atoms with Gasteiger partial charge in [0.05, 0.1) is 38.6 Å². The van der Waals surface area contributed by atoms with Gasteiger partial charge in [0.1, 0.15) is 5.75 Å². The summed E-state index contributed by atoms with van der Waals surface area (Å²) in [5.41, 5.74) is 1.53. The van der Waals surface area contributed by atoms with Gasteiger partial charge in [-0.3, -0.25) is 14.5 Å². The van der Waals surface area contributed by atoms with Crippen LogP contribution >= 0.6 is 0 Å². The predicted octanol–water partition coefficient (Wildman–Crippen LogP) is 2.38. The first-order chi connectivity index (χ1) is 14.0. The summed E-state index contributed by atoms with van der Waals surface area (Å²) in [6.07, 6.45) is 0. The van der Waals surface area contributed by atoms with Crippen LogP contribution < -0.4 is 15.4 Å². The number of benzene rings is 2. The quantitative estimate of drug-likeness (QED) is 0.629. The van der Waals surface area contributed by atoms with Crippen LogP contribution in [0.1, 0.15) is 17.3 Å². The number of amides is 2. The van der Waals surface area contributed by atoms with E-state index in [1.54, 1.807) is 47.4 Å². The monoisotopic (exact) mass is 399 g/mol. The molecule has 8 nitrogen and oxygen atoms in total. The zero-order valence-electron chi connectivity index (χ0n) is 16.7. The number of likely N-dealkylation sites (N-methyl/N-ethyl adjacent to an activating group) is 1. The van der Waals surface area contributed by atoms with E-state index in [0.29, 0.717) is 29.2 Å². The van der Waals surface area contributed by atoms with Crippen molar-refractivity contribution in [2.75, 3.05) is 44.5 Å². The van der Waals surface area contributed by atoms with Gasteiger partial charge in [-0.1, -0.05) is 19.1 Å². The molecule has 29 heavy (non-hydrogen) atoms. The first-order valence-corrected chi connectivity index (χ1v) is 9.10. The van der Waals surface area contributed by atoms with E-state index in [-0.39, 0.29) is 24.9 Å². The highest BCUT2D eigenvalue weighted by atomic mass is 16.5. The van der Waals surface area contributed by atoms with Crippen LogP contribution in [0.4, 0.5) is 11.4 Å². The third-order valence-corrected chi connectivity index (χ3v) is 4.15. The minimum absolute atomic E-state index is 0.0502. The second-order valence-corrected chi connectivity index (χ2v) is 6.17. The van der Waals surface area contributed by atoms with Crippen LogP contribution in [0.15, 0.2) is 48.5 Å². The Kier molecular flexibility index (Phi) is 8.17. The standard InChI is InChI=1S/C21H25N3O5/c1-4-24(14-20(26)23-17-7-5-6-8-18(17)28-2)13-19(25)22-16-11-9-15(10-12-16)21(27)29-3/h5-12H,4,13-14H2,1-3H3,(H,22,25)(H,23,26). The molecule has 154 valence electrons. The van der Waals surface area contributed by atoms with Crippen molar-refractivity contribution in [3.63, 3.8) is 0 Å². The van der Waals surface area contributed by atoms with Crippen LogP contribution in [-0.4, -0.2) is 56.5 Å². The molecule has 2 aromatic carbocycles. The molecular formula is C21H25N3O5. The van der Waals surface area contributed by atoms with Crippen molar-refractivity contribution in [2.24, 2.45) is 0 Å². The van der Waals surface area contributed by atoms with Crippen molar-refractivity contribution in [1.29, 1.82) is 0 Å². The van der Waals surface area contributed by atoms with Gasteiger partial charge in [0, 0.05) is 5.69 Å². The van der Waals surface area contributed by atoms with E-state index in [4.69, 9.17) is 4.74 Å². The molecule has 0 fully saturated rings. The summed E-state index contributed by atoms with van der Waals surface area (Å²) in [5, 5.41) is 5.54. The van der Waals surface area contributed by atoms with Crippen molar-refractivity contribution in [1.82, 2.24) is 4.90 Å². The maximum Gasteiger partial charge on any atom is 0.337 e. The molecule has 2 aromatic rings. The summed E-state index contributed by atoms with van der Waals surface area (Å²) in [6.45, 7) is 2.50. The number of methoxy groups -OCH3 is 2. The van der Waals surface area contributed by atoms with Gasteiger partial charge < -0.3 is 20.1 Å². The Hall–Kier alpha value is -3.39. The third kappa shape index (κ3) is 6.62. The fraction of sp³-hybridized carbons (Fsp3) is 0.286. The molecule has 0 saturated heterocycles. The lowest BCUT2D eigenvalue weighted by molar-refractivity contribution is -0.119. The Morgan fingerprint density at radius 3 is 2.10 bits per heavy atom. The maximum absolute atomic E-state index is 12.3. The first-order valence-electron chi connectivity index (χ1n) is 9.10. The average Bonchev–Trinajstić information content (AvgIpc) is 2.73. The number of rotatable bonds is 9. The Morgan fingerprint density at radius 1 is 0.897 bits per heavy atom. The Morgan fingerprint density at radius 2 is 1.52 bits per heavy atom. The lowest BCUT2D eigenvalue weighted by atomic mass is 10.2. The molecule has 0 aliphatic carbocycles. The summed E-state index contributed by atoms with van der Waals surface area (Å²) >= 11 is 0. The van der Waals surface area contributed by atoms with Gasteiger partial charge in [-0.15, -0.1) is 0 Å². The summed E-state index contributed by atoms with van der Waals surface area (Å²) < 4.78 is 9.86. The molecule has 0 aliphatic rings. The van der Waals surface area contributed by atoms with Crippen molar-refractivity contribution < 1.29 is 23.9 Å². The molecule has 0 aromatic heterocycles. The number of nitrogens with zero attached hydrogens (tertiary/aromatic N) is 1. The minimum Gasteiger partial charge on any atom is -0.495 e. The summed E-state index contributed by atoms with van der Waals surface area (Å²) in [5.74, 6) is -0.382. The molecule has 0 heterocycles. The molecule has 0 saturated carbocycles. The number of hydrogen-bond acceptors (Lipinski definition) is 6. The highest BCUT2D eigenvalue weighted by molar-refractivity contribution is 5.96. The minimum atomic E-state index is -0.443. The number of nitrogens with one attached hydrogen (secondary N) is 2. The van der Waals surface area contributed by atoms with Gasteiger partial charge in [-0.25, -0.2) is 4.79 Å². The molecule has 2 rings (SSSR count). The first kappa shape index (κ1) is 21.9. The van der Waals surface area contributed by atoms with Crippen LogP contribution in [0.5, 0.6) is 5.75 Å². The van der Waals surface area contributed by atoms with Crippen LogP contribution in [0.2, 0.25) is 0 Å².